The number of nitrogens with zero attached hydrogens (tertiary/aromatic N) is 4. The number of hydrogen-bond donors (Lipinski definition) is 1. The smallest absolute Gasteiger partial charge is 0.277 e. The van der Waals surface area contributed by atoms with Crippen molar-refractivity contribution in [3.8, 4) is 11.3 Å². The van der Waals surface area contributed by atoms with Crippen LogP contribution in [0.15, 0.2) is 34.7 Å². The van der Waals surface area contributed by atoms with Gasteiger partial charge >= 0.3 is 0 Å². The molecule has 4 rings (SSSR count). The highest BCUT2D eigenvalue weighted by atomic mass is 32.1. The van der Waals surface area contributed by atoms with E-state index in [1.54, 1.807) is 30.8 Å². The normalized spacial score (nSPS) is 16.0. The lowest BCUT2D eigenvalue weighted by atomic mass is 10.1. The Morgan fingerprint density at radius 2 is 1.96 bits per heavy atom. The molecule has 3 aromatic rings. The van der Waals surface area contributed by atoms with E-state index in [0.29, 0.717) is 0 Å². The Bertz CT molecular complexity index is 927. The van der Waals surface area contributed by atoms with Gasteiger partial charge in [0.25, 0.3) is 5.56 Å². The highest BCUT2D eigenvalue weighted by molar-refractivity contribution is 7.18. The first-order chi connectivity index (χ1) is 11.6. The van der Waals surface area contributed by atoms with Crippen LogP contribution < -0.4 is 10.5 Å². The van der Waals surface area contributed by atoms with E-state index in [1.807, 2.05) is 17.5 Å². The third kappa shape index (κ3) is 2.50. The number of piperidine rings is 1. The van der Waals surface area contributed by atoms with E-state index in [-0.39, 0.29) is 11.7 Å². The van der Waals surface area contributed by atoms with Crippen LogP contribution in [0.2, 0.25) is 0 Å². The molecule has 3 aromatic heterocycles. The lowest BCUT2D eigenvalue weighted by Crippen LogP contribution is -2.36. The maximum atomic E-state index is 12.7. The van der Waals surface area contributed by atoms with Crippen LogP contribution in [0.4, 0.5) is 5.69 Å². The summed E-state index contributed by atoms with van der Waals surface area (Å²) in [5.41, 5.74) is 2.64. The quantitative estimate of drug-likeness (QED) is 0.771. The van der Waals surface area contributed by atoms with Crippen molar-refractivity contribution in [2.45, 2.75) is 18.9 Å². The molecule has 0 saturated carbocycles. The maximum Gasteiger partial charge on any atom is 0.277 e. The molecule has 0 spiro atoms. The molecule has 124 valence electrons. The molecule has 0 amide bonds. The topological polar surface area (TPSA) is 71.2 Å². The number of anilines is 1. The summed E-state index contributed by atoms with van der Waals surface area (Å²) in [6.07, 6.45) is 4.70. The van der Waals surface area contributed by atoms with E-state index in [1.165, 1.54) is 4.68 Å². The Kier molecular flexibility index (Phi) is 3.82. The van der Waals surface area contributed by atoms with E-state index in [2.05, 4.69) is 15.0 Å². The third-order valence-corrected chi connectivity index (χ3v) is 5.48. The number of aryl methyl sites for hydroxylation is 1. The molecule has 1 aliphatic heterocycles. The molecule has 1 saturated heterocycles. The van der Waals surface area contributed by atoms with Gasteiger partial charge in [0.15, 0.2) is 0 Å². The minimum atomic E-state index is -0.233. The monoisotopic (exact) mass is 342 g/mol. The fraction of sp³-hybridized carbons (Fsp3) is 0.353. The minimum Gasteiger partial charge on any atom is -0.393 e. The van der Waals surface area contributed by atoms with Crippen LogP contribution in [-0.4, -0.2) is 39.1 Å². The summed E-state index contributed by atoms with van der Waals surface area (Å²) in [5.74, 6) is 0. The van der Waals surface area contributed by atoms with Gasteiger partial charge in [-0.1, -0.05) is 0 Å². The molecule has 0 bridgehead atoms. The molecule has 6 nitrogen and oxygen atoms in total. The van der Waals surface area contributed by atoms with E-state index >= 15 is 0 Å². The molecule has 1 N–H and O–H groups in total. The van der Waals surface area contributed by atoms with Crippen molar-refractivity contribution in [3.63, 3.8) is 0 Å². The molecule has 0 unspecified atom stereocenters. The number of aromatic nitrogens is 3. The largest absolute Gasteiger partial charge is 0.393 e. The van der Waals surface area contributed by atoms with Crippen LogP contribution in [0.1, 0.15) is 12.8 Å². The van der Waals surface area contributed by atoms with Crippen molar-refractivity contribution in [3.05, 3.63) is 40.3 Å². The van der Waals surface area contributed by atoms with Crippen LogP contribution in [-0.2, 0) is 7.05 Å². The molecule has 1 aliphatic rings. The predicted molar refractivity (Wildman–Crippen MR) is 95.5 cm³/mol. The standard InChI is InChI=1S/C17H18N4O2S/c1-20-17(23)14-13(21-8-4-12(22)5-9-21)10-24-16(14)15(19-20)11-2-6-18-7-3-11/h2-3,6-7,10,12,22H,4-5,8-9H2,1H3. The predicted octanol–water partition coefficient (Wildman–Crippen LogP) is 2.02. The number of aliphatic hydroxyl groups is 1. The average molecular weight is 342 g/mol. The second-order valence-corrected chi connectivity index (χ2v) is 6.94. The van der Waals surface area contributed by atoms with Gasteiger partial charge in [-0.2, -0.15) is 5.10 Å². The molecule has 0 aromatic carbocycles. The van der Waals surface area contributed by atoms with Crippen LogP contribution in [0, 0.1) is 0 Å². The summed E-state index contributed by atoms with van der Waals surface area (Å²) in [5, 5.41) is 17.0. The fourth-order valence-electron chi connectivity index (χ4n) is 3.17. The van der Waals surface area contributed by atoms with Gasteiger partial charge in [0, 0.05) is 43.5 Å². The molecular formula is C17H18N4O2S. The third-order valence-electron chi connectivity index (χ3n) is 4.50. The van der Waals surface area contributed by atoms with E-state index < -0.39 is 0 Å². The first-order valence-corrected chi connectivity index (χ1v) is 8.85. The molecule has 7 heteroatoms. The summed E-state index contributed by atoms with van der Waals surface area (Å²) in [7, 11) is 1.69. The lowest BCUT2D eigenvalue weighted by molar-refractivity contribution is 0.145. The summed E-state index contributed by atoms with van der Waals surface area (Å²) in [4.78, 5) is 19.0. The second kappa shape index (κ2) is 5.99. The lowest BCUT2D eigenvalue weighted by Gasteiger charge is -2.30. The molecular weight excluding hydrogens is 324 g/mol. The highest BCUT2D eigenvalue weighted by Gasteiger charge is 2.23. The van der Waals surface area contributed by atoms with Crippen LogP contribution >= 0.6 is 11.3 Å². The van der Waals surface area contributed by atoms with Crippen LogP contribution in [0.5, 0.6) is 0 Å². The van der Waals surface area contributed by atoms with Gasteiger partial charge < -0.3 is 10.0 Å². The average Bonchev–Trinajstić information content (AvgIpc) is 3.05. The van der Waals surface area contributed by atoms with Gasteiger partial charge in [0.1, 0.15) is 5.69 Å². The number of thiophene rings is 1. The van der Waals surface area contributed by atoms with Crippen molar-refractivity contribution in [2.75, 3.05) is 18.0 Å². The van der Waals surface area contributed by atoms with Crippen molar-refractivity contribution in [1.29, 1.82) is 0 Å². The van der Waals surface area contributed by atoms with Crippen molar-refractivity contribution < 1.29 is 5.11 Å². The minimum absolute atomic E-state index is 0.0785. The van der Waals surface area contributed by atoms with Gasteiger partial charge in [-0.15, -0.1) is 11.3 Å². The first-order valence-electron chi connectivity index (χ1n) is 7.97. The van der Waals surface area contributed by atoms with Crippen molar-refractivity contribution in [2.24, 2.45) is 7.05 Å². The zero-order valence-corrected chi connectivity index (χ0v) is 14.2. The molecule has 0 radical (unpaired) electrons. The number of hydrogen-bond acceptors (Lipinski definition) is 6. The van der Waals surface area contributed by atoms with Crippen LogP contribution in [0.3, 0.4) is 0 Å². The van der Waals surface area contributed by atoms with Gasteiger partial charge in [0.05, 0.1) is 21.9 Å². The maximum absolute atomic E-state index is 12.7. The zero-order chi connectivity index (χ0) is 16.7. The van der Waals surface area contributed by atoms with Gasteiger partial charge in [-0.25, -0.2) is 4.68 Å². The Morgan fingerprint density at radius 1 is 1.25 bits per heavy atom. The van der Waals surface area contributed by atoms with Crippen molar-refractivity contribution in [1.82, 2.24) is 14.8 Å². The molecule has 0 atom stereocenters. The second-order valence-electron chi connectivity index (χ2n) is 6.06. The number of rotatable bonds is 2. The Labute approximate surface area is 143 Å². The zero-order valence-electron chi connectivity index (χ0n) is 13.3. The van der Waals surface area contributed by atoms with Gasteiger partial charge in [0.2, 0.25) is 0 Å². The van der Waals surface area contributed by atoms with E-state index in [4.69, 9.17) is 0 Å². The summed E-state index contributed by atoms with van der Waals surface area (Å²) in [6.45, 7) is 1.53. The summed E-state index contributed by atoms with van der Waals surface area (Å²) in [6, 6.07) is 3.81. The molecule has 4 heterocycles. The van der Waals surface area contributed by atoms with Crippen LogP contribution in [0.25, 0.3) is 21.3 Å². The number of aliphatic hydroxyl groups excluding tert-OH is 1. The Hall–Kier alpha value is -2.25. The van der Waals surface area contributed by atoms with Gasteiger partial charge in [-0.3, -0.25) is 9.78 Å². The Morgan fingerprint density at radius 3 is 2.67 bits per heavy atom. The van der Waals surface area contributed by atoms with Crippen molar-refractivity contribution >= 4 is 27.1 Å². The summed E-state index contributed by atoms with van der Waals surface area (Å²) >= 11 is 1.55. The highest BCUT2D eigenvalue weighted by Crippen LogP contribution is 2.36. The van der Waals surface area contributed by atoms with E-state index in [9.17, 15) is 9.90 Å². The molecule has 24 heavy (non-hydrogen) atoms. The number of fused-ring (bicyclic) bond motifs is 1. The van der Waals surface area contributed by atoms with E-state index in [0.717, 1.165) is 53.0 Å². The SMILES string of the molecule is Cn1nc(-c2ccncc2)c2scc(N3CCC(O)CC3)c2c1=O. The fourth-order valence-corrected chi connectivity index (χ4v) is 4.25. The van der Waals surface area contributed by atoms with Gasteiger partial charge in [-0.05, 0) is 25.0 Å². The molecule has 1 fully saturated rings. The first kappa shape index (κ1) is 15.3. The summed E-state index contributed by atoms with van der Waals surface area (Å²) < 4.78 is 2.32. The number of pyridine rings is 1. The molecule has 0 aliphatic carbocycles. The Balaban J connectivity index is 1.90.